The van der Waals surface area contributed by atoms with Gasteiger partial charge in [0, 0.05) is 12.6 Å². The van der Waals surface area contributed by atoms with Gasteiger partial charge in [-0.2, -0.15) is 5.26 Å². The number of rotatable bonds is 4. The van der Waals surface area contributed by atoms with Crippen molar-refractivity contribution in [3.63, 3.8) is 0 Å². The zero-order valence-electron chi connectivity index (χ0n) is 9.97. The van der Waals surface area contributed by atoms with Gasteiger partial charge in [0.1, 0.15) is 0 Å². The predicted octanol–water partition coefficient (Wildman–Crippen LogP) is 1.88. The van der Waals surface area contributed by atoms with Gasteiger partial charge in [0.15, 0.2) is 0 Å². The molecule has 1 atom stereocenters. The predicted molar refractivity (Wildman–Crippen MR) is 66.4 cm³/mol. The van der Waals surface area contributed by atoms with Gasteiger partial charge in [0.25, 0.3) is 0 Å². The van der Waals surface area contributed by atoms with Crippen LogP contribution in [0, 0.1) is 11.3 Å². The molecule has 1 aliphatic rings. The molecule has 0 saturated heterocycles. The second kappa shape index (κ2) is 5.81. The van der Waals surface area contributed by atoms with Crippen LogP contribution in [0.1, 0.15) is 30.0 Å². The standard InChI is InChI=1S/C14H18N2O/c15-8-9-16(10-11-17)14-7-3-5-12-4-1-2-6-13(12)14/h1-2,4,6,14,17H,3,5,7,9-11H2. The van der Waals surface area contributed by atoms with Crippen molar-refractivity contribution in [1.29, 1.82) is 5.26 Å². The SMILES string of the molecule is N#CCN(CCO)C1CCCc2ccccc21. The summed E-state index contributed by atoms with van der Waals surface area (Å²) in [6.45, 7) is 1.08. The van der Waals surface area contributed by atoms with E-state index in [0.29, 0.717) is 19.1 Å². The monoisotopic (exact) mass is 230 g/mol. The number of fused-ring (bicyclic) bond motifs is 1. The Hall–Kier alpha value is -1.37. The molecule has 0 heterocycles. The highest BCUT2D eigenvalue weighted by molar-refractivity contribution is 5.32. The van der Waals surface area contributed by atoms with Crippen molar-refractivity contribution < 1.29 is 5.11 Å². The Morgan fingerprint density at radius 1 is 1.41 bits per heavy atom. The summed E-state index contributed by atoms with van der Waals surface area (Å²) in [5.74, 6) is 0. The van der Waals surface area contributed by atoms with Crippen LogP contribution in [0.25, 0.3) is 0 Å². The number of benzene rings is 1. The van der Waals surface area contributed by atoms with Crippen LogP contribution in [0.2, 0.25) is 0 Å². The molecule has 2 rings (SSSR count). The van der Waals surface area contributed by atoms with Crippen LogP contribution >= 0.6 is 0 Å². The summed E-state index contributed by atoms with van der Waals surface area (Å²) in [6.07, 6.45) is 3.37. The van der Waals surface area contributed by atoms with Crippen LogP contribution in [-0.4, -0.2) is 29.7 Å². The van der Waals surface area contributed by atoms with Gasteiger partial charge in [0.05, 0.1) is 19.2 Å². The Morgan fingerprint density at radius 2 is 2.24 bits per heavy atom. The Bertz CT molecular complexity index is 411. The van der Waals surface area contributed by atoms with Gasteiger partial charge >= 0.3 is 0 Å². The number of hydrogen-bond acceptors (Lipinski definition) is 3. The Morgan fingerprint density at radius 3 is 3.00 bits per heavy atom. The normalized spacial score (nSPS) is 18.8. The first-order chi connectivity index (χ1) is 8.36. The van der Waals surface area contributed by atoms with E-state index in [4.69, 9.17) is 10.4 Å². The third-order valence-electron chi connectivity index (χ3n) is 3.44. The highest BCUT2D eigenvalue weighted by Crippen LogP contribution is 2.33. The van der Waals surface area contributed by atoms with E-state index in [1.54, 1.807) is 0 Å². The van der Waals surface area contributed by atoms with E-state index in [-0.39, 0.29) is 6.61 Å². The Kier molecular flexibility index (Phi) is 4.13. The molecule has 17 heavy (non-hydrogen) atoms. The molecule has 1 aliphatic carbocycles. The largest absolute Gasteiger partial charge is 0.395 e. The molecule has 3 heteroatoms. The summed E-state index contributed by atoms with van der Waals surface area (Å²) in [7, 11) is 0. The smallest absolute Gasteiger partial charge is 0.0871 e. The first kappa shape index (κ1) is 12.1. The maximum absolute atomic E-state index is 9.09. The fraction of sp³-hybridized carbons (Fsp3) is 0.500. The summed E-state index contributed by atoms with van der Waals surface area (Å²) >= 11 is 0. The van der Waals surface area contributed by atoms with Gasteiger partial charge < -0.3 is 5.11 Å². The topological polar surface area (TPSA) is 47.3 Å². The van der Waals surface area contributed by atoms with Gasteiger partial charge in [-0.1, -0.05) is 24.3 Å². The average Bonchev–Trinajstić information content (AvgIpc) is 2.38. The highest BCUT2D eigenvalue weighted by atomic mass is 16.3. The molecule has 3 nitrogen and oxygen atoms in total. The lowest BCUT2D eigenvalue weighted by Gasteiger charge is -2.34. The second-order valence-electron chi connectivity index (χ2n) is 4.46. The van der Waals surface area contributed by atoms with Crippen LogP contribution in [0.15, 0.2) is 24.3 Å². The second-order valence-corrected chi connectivity index (χ2v) is 4.46. The maximum atomic E-state index is 9.09. The molecule has 0 spiro atoms. The lowest BCUT2D eigenvalue weighted by Crippen LogP contribution is -2.34. The van der Waals surface area contributed by atoms with Crippen molar-refractivity contribution >= 4 is 0 Å². The molecular weight excluding hydrogens is 212 g/mol. The number of aliphatic hydroxyl groups is 1. The average molecular weight is 230 g/mol. The van der Waals surface area contributed by atoms with Gasteiger partial charge in [-0.3, -0.25) is 4.90 Å². The van der Waals surface area contributed by atoms with Crippen molar-refractivity contribution in [1.82, 2.24) is 4.90 Å². The zero-order chi connectivity index (χ0) is 12.1. The molecule has 0 radical (unpaired) electrons. The molecule has 0 aromatic heterocycles. The van der Waals surface area contributed by atoms with E-state index in [9.17, 15) is 0 Å². The van der Waals surface area contributed by atoms with E-state index in [1.165, 1.54) is 11.1 Å². The van der Waals surface area contributed by atoms with Crippen molar-refractivity contribution in [2.45, 2.75) is 25.3 Å². The first-order valence-corrected chi connectivity index (χ1v) is 6.16. The third-order valence-corrected chi connectivity index (χ3v) is 3.44. The lowest BCUT2D eigenvalue weighted by atomic mass is 9.87. The Labute approximate surface area is 102 Å². The molecule has 0 bridgehead atoms. The van der Waals surface area contributed by atoms with Gasteiger partial charge in [-0.15, -0.1) is 0 Å². The van der Waals surface area contributed by atoms with Crippen LogP contribution < -0.4 is 0 Å². The van der Waals surface area contributed by atoms with Crippen molar-refractivity contribution in [2.24, 2.45) is 0 Å². The molecule has 90 valence electrons. The molecule has 0 amide bonds. The van der Waals surface area contributed by atoms with Crippen LogP contribution in [0.3, 0.4) is 0 Å². The van der Waals surface area contributed by atoms with E-state index in [1.807, 2.05) is 0 Å². The summed E-state index contributed by atoms with van der Waals surface area (Å²) in [5, 5.41) is 18.0. The van der Waals surface area contributed by atoms with Crippen molar-refractivity contribution in [3.05, 3.63) is 35.4 Å². The van der Waals surface area contributed by atoms with Gasteiger partial charge in [0.2, 0.25) is 0 Å². The molecule has 1 N–H and O–H groups in total. The summed E-state index contributed by atoms with van der Waals surface area (Å²) in [6, 6.07) is 10.9. The molecule has 0 aliphatic heterocycles. The van der Waals surface area contributed by atoms with Crippen molar-refractivity contribution in [3.8, 4) is 6.07 Å². The molecule has 0 fully saturated rings. The minimum atomic E-state index is 0.111. The quantitative estimate of drug-likeness (QED) is 0.803. The van der Waals surface area contributed by atoms with E-state index in [0.717, 1.165) is 19.3 Å². The van der Waals surface area contributed by atoms with Gasteiger partial charge in [-0.05, 0) is 30.4 Å². The summed E-state index contributed by atoms with van der Waals surface area (Å²) < 4.78 is 0. The molecule has 1 unspecified atom stereocenters. The number of aliphatic hydroxyl groups excluding tert-OH is 1. The minimum Gasteiger partial charge on any atom is -0.395 e. The fourth-order valence-corrected chi connectivity index (χ4v) is 2.67. The molecule has 0 saturated carbocycles. The number of nitriles is 1. The molecule has 1 aromatic carbocycles. The highest BCUT2D eigenvalue weighted by Gasteiger charge is 2.24. The van der Waals surface area contributed by atoms with E-state index in [2.05, 4.69) is 35.2 Å². The first-order valence-electron chi connectivity index (χ1n) is 6.16. The van der Waals surface area contributed by atoms with Crippen LogP contribution in [0.5, 0.6) is 0 Å². The number of aryl methyl sites for hydroxylation is 1. The number of nitrogens with zero attached hydrogens (tertiary/aromatic N) is 2. The maximum Gasteiger partial charge on any atom is 0.0871 e. The summed E-state index contributed by atoms with van der Waals surface area (Å²) in [5.41, 5.74) is 2.73. The van der Waals surface area contributed by atoms with Crippen LogP contribution in [-0.2, 0) is 6.42 Å². The van der Waals surface area contributed by atoms with E-state index >= 15 is 0 Å². The lowest BCUT2D eigenvalue weighted by molar-refractivity contribution is 0.154. The zero-order valence-corrected chi connectivity index (χ0v) is 9.97. The minimum absolute atomic E-state index is 0.111. The van der Waals surface area contributed by atoms with Crippen molar-refractivity contribution in [2.75, 3.05) is 19.7 Å². The molecular formula is C14H18N2O. The summed E-state index contributed by atoms with van der Waals surface area (Å²) in [4.78, 5) is 2.08. The van der Waals surface area contributed by atoms with Crippen LogP contribution in [0.4, 0.5) is 0 Å². The Balaban J connectivity index is 2.24. The fourth-order valence-electron chi connectivity index (χ4n) is 2.67. The number of hydrogen-bond donors (Lipinski definition) is 1. The third kappa shape index (κ3) is 2.66. The molecule has 1 aromatic rings. The van der Waals surface area contributed by atoms with Gasteiger partial charge in [-0.25, -0.2) is 0 Å². The van der Waals surface area contributed by atoms with E-state index < -0.39 is 0 Å².